The van der Waals surface area contributed by atoms with Gasteiger partial charge in [-0.2, -0.15) is 0 Å². The number of fused-ring (bicyclic) bond motifs is 2. The maximum Gasteiger partial charge on any atom is 0.273 e. The fraction of sp³-hybridized carbons (Fsp3) is 0.529. The molecule has 3 rings (SSSR count). The Morgan fingerprint density at radius 1 is 1.26 bits per heavy atom. The van der Waals surface area contributed by atoms with Gasteiger partial charge in [0.2, 0.25) is 5.91 Å². The van der Waals surface area contributed by atoms with Crippen molar-refractivity contribution in [3.8, 4) is 5.75 Å². The first kappa shape index (κ1) is 16.1. The summed E-state index contributed by atoms with van der Waals surface area (Å²) in [4.78, 5) is 24.2. The van der Waals surface area contributed by atoms with Crippen molar-refractivity contribution < 1.29 is 14.3 Å². The number of carbonyl (C=O) groups is 2. The second kappa shape index (κ2) is 6.79. The third kappa shape index (κ3) is 3.61. The van der Waals surface area contributed by atoms with Crippen LogP contribution in [0, 0.1) is 17.8 Å². The number of hydrogen-bond donors (Lipinski definition) is 2. The van der Waals surface area contributed by atoms with E-state index in [1.165, 1.54) is 32.4 Å². The number of rotatable bonds is 4. The van der Waals surface area contributed by atoms with Gasteiger partial charge < -0.3 is 4.74 Å². The van der Waals surface area contributed by atoms with Crippen LogP contribution in [-0.2, 0) is 4.79 Å². The molecule has 0 radical (unpaired) electrons. The average molecular weight is 337 g/mol. The molecule has 2 saturated carbocycles. The largest absolute Gasteiger partial charge is 0.496 e. The molecule has 0 spiro atoms. The van der Waals surface area contributed by atoms with Gasteiger partial charge in [0.1, 0.15) is 5.75 Å². The zero-order valence-corrected chi connectivity index (χ0v) is 13.9. The monoisotopic (exact) mass is 336 g/mol. The van der Waals surface area contributed by atoms with Gasteiger partial charge in [0.25, 0.3) is 5.91 Å². The SMILES string of the molecule is COc1ccc(Cl)cc1C(=O)NNC(=O)C[C@H]1C[C@H]2CC[C@@H]1C2. The Morgan fingerprint density at radius 3 is 2.74 bits per heavy atom. The summed E-state index contributed by atoms with van der Waals surface area (Å²) in [6, 6.07) is 4.77. The van der Waals surface area contributed by atoms with Gasteiger partial charge in [-0.15, -0.1) is 0 Å². The molecule has 2 bridgehead atoms. The molecule has 0 aromatic heterocycles. The second-order valence-electron chi connectivity index (χ2n) is 6.49. The minimum Gasteiger partial charge on any atom is -0.496 e. The molecule has 1 aromatic carbocycles. The van der Waals surface area contributed by atoms with Crippen LogP contribution in [0.4, 0.5) is 0 Å². The Bertz CT molecular complexity index is 620. The summed E-state index contributed by atoms with van der Waals surface area (Å²) in [5.74, 6) is 1.79. The smallest absolute Gasteiger partial charge is 0.273 e. The summed E-state index contributed by atoms with van der Waals surface area (Å²) in [6.45, 7) is 0. The van der Waals surface area contributed by atoms with Crippen molar-refractivity contribution in [3.63, 3.8) is 0 Å². The molecule has 0 unspecified atom stereocenters. The van der Waals surface area contributed by atoms with Crippen LogP contribution in [0.1, 0.15) is 42.5 Å². The lowest BCUT2D eigenvalue weighted by Gasteiger charge is -2.21. The van der Waals surface area contributed by atoms with Gasteiger partial charge in [-0.25, -0.2) is 0 Å². The lowest BCUT2D eigenvalue weighted by molar-refractivity contribution is -0.123. The minimum absolute atomic E-state index is 0.142. The van der Waals surface area contributed by atoms with E-state index in [1.54, 1.807) is 12.1 Å². The fourth-order valence-electron chi connectivity index (χ4n) is 3.97. The number of carbonyl (C=O) groups excluding carboxylic acids is 2. The topological polar surface area (TPSA) is 67.4 Å². The van der Waals surface area contributed by atoms with Gasteiger partial charge in [0.05, 0.1) is 12.7 Å². The Balaban J connectivity index is 1.52. The van der Waals surface area contributed by atoms with Crippen LogP contribution < -0.4 is 15.6 Å². The molecule has 0 saturated heterocycles. The maximum atomic E-state index is 12.2. The van der Waals surface area contributed by atoms with E-state index in [2.05, 4.69) is 10.9 Å². The number of ether oxygens (including phenoxy) is 1. The molecule has 6 heteroatoms. The molecule has 124 valence electrons. The van der Waals surface area contributed by atoms with Gasteiger partial charge >= 0.3 is 0 Å². The van der Waals surface area contributed by atoms with Gasteiger partial charge in [-0.05, 0) is 55.2 Å². The third-order valence-electron chi connectivity index (χ3n) is 5.05. The normalized spacial score (nSPS) is 25.2. The molecule has 5 nitrogen and oxygen atoms in total. The standard InChI is InChI=1S/C17H21ClN2O3/c1-23-15-5-4-13(18)9-14(15)17(22)20-19-16(21)8-12-7-10-2-3-11(12)6-10/h4-5,9-12H,2-3,6-8H2,1H3,(H,19,21)(H,20,22)/t10-,11+,12+/m0/s1. The van der Waals surface area contributed by atoms with Crippen molar-refractivity contribution in [1.82, 2.24) is 10.9 Å². The summed E-state index contributed by atoms with van der Waals surface area (Å²) < 4.78 is 5.14. The Kier molecular flexibility index (Phi) is 4.76. The quantitative estimate of drug-likeness (QED) is 0.831. The molecular formula is C17H21ClN2O3. The van der Waals surface area contributed by atoms with Crippen molar-refractivity contribution in [3.05, 3.63) is 28.8 Å². The third-order valence-corrected chi connectivity index (χ3v) is 5.29. The molecule has 2 aliphatic carbocycles. The van der Waals surface area contributed by atoms with Crippen LogP contribution in [0.3, 0.4) is 0 Å². The number of benzene rings is 1. The van der Waals surface area contributed by atoms with Gasteiger partial charge in [-0.3, -0.25) is 20.4 Å². The Labute approximate surface area is 140 Å². The first-order valence-corrected chi connectivity index (χ1v) is 8.37. The highest BCUT2D eigenvalue weighted by Crippen LogP contribution is 2.49. The fourth-order valence-corrected chi connectivity index (χ4v) is 4.14. The van der Waals surface area contributed by atoms with Crippen LogP contribution in [0.25, 0.3) is 0 Å². The summed E-state index contributed by atoms with van der Waals surface area (Å²) in [7, 11) is 1.48. The summed E-state index contributed by atoms with van der Waals surface area (Å²) in [5, 5.41) is 0.434. The highest BCUT2D eigenvalue weighted by atomic mass is 35.5. The average Bonchev–Trinajstić information content (AvgIpc) is 3.15. The predicted molar refractivity (Wildman–Crippen MR) is 87.2 cm³/mol. The van der Waals surface area contributed by atoms with Crippen molar-refractivity contribution in [2.75, 3.05) is 7.11 Å². The maximum absolute atomic E-state index is 12.2. The van der Waals surface area contributed by atoms with E-state index < -0.39 is 5.91 Å². The molecule has 0 heterocycles. The summed E-state index contributed by atoms with van der Waals surface area (Å²) in [6.07, 6.45) is 5.45. The lowest BCUT2D eigenvalue weighted by Crippen LogP contribution is -2.42. The Hall–Kier alpha value is -1.75. The zero-order valence-electron chi connectivity index (χ0n) is 13.1. The molecule has 2 aliphatic rings. The van der Waals surface area contributed by atoms with Crippen molar-refractivity contribution in [2.24, 2.45) is 17.8 Å². The number of amides is 2. The number of methoxy groups -OCH3 is 1. The van der Waals surface area contributed by atoms with Crippen LogP contribution in [0.15, 0.2) is 18.2 Å². The highest BCUT2D eigenvalue weighted by molar-refractivity contribution is 6.31. The molecule has 3 atom stereocenters. The first-order valence-electron chi connectivity index (χ1n) is 7.99. The van der Waals surface area contributed by atoms with E-state index in [9.17, 15) is 9.59 Å². The van der Waals surface area contributed by atoms with Gasteiger partial charge in [0.15, 0.2) is 0 Å². The molecule has 1 aromatic rings. The molecule has 2 fully saturated rings. The molecular weight excluding hydrogens is 316 g/mol. The van der Waals surface area contributed by atoms with Gasteiger partial charge in [-0.1, -0.05) is 18.0 Å². The van der Waals surface area contributed by atoms with E-state index >= 15 is 0 Å². The number of hydrogen-bond acceptors (Lipinski definition) is 3. The van der Waals surface area contributed by atoms with Crippen LogP contribution >= 0.6 is 11.6 Å². The zero-order chi connectivity index (χ0) is 16.4. The van der Waals surface area contributed by atoms with E-state index in [0.717, 1.165) is 12.3 Å². The van der Waals surface area contributed by atoms with E-state index in [-0.39, 0.29) is 5.91 Å². The molecule has 2 N–H and O–H groups in total. The number of hydrazine groups is 1. The first-order chi connectivity index (χ1) is 11.1. The van der Waals surface area contributed by atoms with Crippen molar-refractivity contribution >= 4 is 23.4 Å². The minimum atomic E-state index is -0.439. The van der Waals surface area contributed by atoms with Gasteiger partial charge in [0, 0.05) is 11.4 Å². The number of halogens is 1. The van der Waals surface area contributed by atoms with E-state index in [4.69, 9.17) is 16.3 Å². The predicted octanol–water partition coefficient (Wildman–Crippen LogP) is 2.94. The van der Waals surface area contributed by atoms with E-state index in [1.807, 2.05) is 0 Å². The van der Waals surface area contributed by atoms with Crippen LogP contribution in [0.5, 0.6) is 5.75 Å². The molecule has 23 heavy (non-hydrogen) atoms. The summed E-state index contributed by atoms with van der Waals surface area (Å²) in [5.41, 5.74) is 5.23. The van der Waals surface area contributed by atoms with E-state index in [0.29, 0.717) is 34.6 Å². The van der Waals surface area contributed by atoms with Crippen molar-refractivity contribution in [1.29, 1.82) is 0 Å². The second-order valence-corrected chi connectivity index (χ2v) is 6.92. The van der Waals surface area contributed by atoms with Crippen LogP contribution in [0.2, 0.25) is 5.02 Å². The lowest BCUT2D eigenvalue weighted by atomic mass is 9.86. The number of nitrogens with one attached hydrogen (secondary N) is 2. The highest BCUT2D eigenvalue weighted by Gasteiger charge is 2.40. The van der Waals surface area contributed by atoms with Crippen LogP contribution in [-0.4, -0.2) is 18.9 Å². The Morgan fingerprint density at radius 2 is 2.09 bits per heavy atom. The van der Waals surface area contributed by atoms with Crippen molar-refractivity contribution in [2.45, 2.75) is 32.1 Å². The molecule has 0 aliphatic heterocycles. The molecule has 2 amide bonds. The summed E-state index contributed by atoms with van der Waals surface area (Å²) >= 11 is 5.91.